The lowest BCUT2D eigenvalue weighted by Crippen LogP contribution is -2.22. The Bertz CT molecular complexity index is 472. The predicted molar refractivity (Wildman–Crippen MR) is 89.5 cm³/mol. The highest BCUT2D eigenvalue weighted by molar-refractivity contribution is 7.19. The molecule has 0 aliphatic carbocycles. The molecule has 120 valence electrons. The number of carbonyl (C=O) groups excluding carboxylic acids is 1. The maximum absolute atomic E-state index is 12.0. The second kappa shape index (κ2) is 8.09. The summed E-state index contributed by atoms with van der Waals surface area (Å²) in [7, 11) is 4.02. The van der Waals surface area contributed by atoms with Crippen molar-refractivity contribution in [3.8, 4) is 5.75 Å². The van der Waals surface area contributed by atoms with Gasteiger partial charge in [-0.2, -0.15) is 0 Å². The Kier molecular flexibility index (Phi) is 6.77. The lowest BCUT2D eigenvalue weighted by molar-refractivity contribution is 0.0960. The summed E-state index contributed by atoms with van der Waals surface area (Å²) < 4.78 is 5.77. The zero-order valence-corrected chi connectivity index (χ0v) is 14.3. The molecule has 0 atom stereocenters. The molecule has 0 saturated heterocycles. The summed E-state index contributed by atoms with van der Waals surface area (Å²) >= 11 is 1.34. The third-order valence-electron chi connectivity index (χ3n) is 2.64. The topological polar surface area (TPSA) is 79.6 Å². The predicted octanol–water partition coefficient (Wildman–Crippen LogP) is 1.84. The van der Waals surface area contributed by atoms with Crippen LogP contribution in [0.2, 0.25) is 0 Å². The van der Waals surface area contributed by atoms with E-state index in [0.717, 1.165) is 18.1 Å². The van der Waals surface area contributed by atoms with Crippen LogP contribution in [0.3, 0.4) is 0 Å². The second-order valence-corrected chi connectivity index (χ2v) is 6.28. The number of thiophene rings is 1. The number of likely N-dealkylation sites (N-methyl/N-ethyl adjacent to an activating group) is 1. The Morgan fingerprint density at radius 2 is 2.10 bits per heavy atom. The average molecular weight is 314 g/mol. The molecule has 1 rings (SSSR count). The van der Waals surface area contributed by atoms with E-state index in [1.807, 2.05) is 34.9 Å². The minimum atomic E-state index is -0.158. The van der Waals surface area contributed by atoms with Gasteiger partial charge >= 0.3 is 0 Å². The molecule has 21 heavy (non-hydrogen) atoms. The Morgan fingerprint density at radius 3 is 2.62 bits per heavy atom. The van der Waals surface area contributed by atoms with Gasteiger partial charge in [0.2, 0.25) is 0 Å². The van der Waals surface area contributed by atoms with Crippen molar-refractivity contribution in [1.82, 2.24) is 10.2 Å². The first kappa shape index (κ1) is 17.6. The van der Waals surface area contributed by atoms with Gasteiger partial charge in [0.25, 0.3) is 5.91 Å². The number of carbonyl (C=O) groups is 1. The van der Waals surface area contributed by atoms with Gasteiger partial charge in [0.15, 0.2) is 5.75 Å². The van der Waals surface area contributed by atoms with Crippen molar-refractivity contribution in [2.75, 3.05) is 44.8 Å². The van der Waals surface area contributed by atoms with Crippen molar-refractivity contribution in [3.05, 3.63) is 4.88 Å². The molecule has 4 N–H and O–H groups in total. The van der Waals surface area contributed by atoms with Gasteiger partial charge < -0.3 is 26.0 Å². The number of nitrogens with zero attached hydrogens (tertiary/aromatic N) is 1. The lowest BCUT2D eigenvalue weighted by Gasteiger charge is -2.14. The quantitative estimate of drug-likeness (QED) is 0.682. The molecule has 1 aromatic heterocycles. The van der Waals surface area contributed by atoms with Crippen molar-refractivity contribution >= 4 is 27.9 Å². The first-order chi connectivity index (χ1) is 9.86. The lowest BCUT2D eigenvalue weighted by atomic mass is 10.3. The van der Waals surface area contributed by atoms with Crippen LogP contribution in [0.15, 0.2) is 0 Å². The van der Waals surface area contributed by atoms with Gasteiger partial charge in [-0.1, -0.05) is 0 Å². The summed E-state index contributed by atoms with van der Waals surface area (Å²) in [6.07, 6.45) is -0.00150. The number of nitrogens with two attached hydrogens (primary N) is 1. The highest BCUT2D eigenvalue weighted by Crippen LogP contribution is 2.43. The van der Waals surface area contributed by atoms with E-state index in [2.05, 4.69) is 15.5 Å². The van der Waals surface area contributed by atoms with E-state index in [1.165, 1.54) is 11.3 Å². The summed E-state index contributed by atoms with van der Waals surface area (Å²) in [5, 5.41) is 6.88. The van der Waals surface area contributed by atoms with E-state index in [1.54, 1.807) is 0 Å². The molecular formula is C14H26N4O2S. The van der Waals surface area contributed by atoms with Gasteiger partial charge in [0.05, 0.1) is 6.10 Å². The number of amides is 1. The zero-order valence-electron chi connectivity index (χ0n) is 13.4. The van der Waals surface area contributed by atoms with Crippen LogP contribution in [0.25, 0.3) is 0 Å². The Balaban J connectivity index is 2.97. The van der Waals surface area contributed by atoms with Crippen LogP contribution in [-0.2, 0) is 0 Å². The Hall–Kier alpha value is -1.47. The summed E-state index contributed by atoms with van der Waals surface area (Å²) in [5.41, 5.74) is 6.50. The molecule has 0 fully saturated rings. The van der Waals surface area contributed by atoms with Crippen molar-refractivity contribution in [3.63, 3.8) is 0 Å². The fourth-order valence-electron chi connectivity index (χ4n) is 1.70. The highest BCUT2D eigenvalue weighted by Gasteiger charge is 2.22. The van der Waals surface area contributed by atoms with Crippen molar-refractivity contribution in [2.45, 2.75) is 26.9 Å². The number of hydrogen-bond acceptors (Lipinski definition) is 6. The van der Waals surface area contributed by atoms with Gasteiger partial charge in [-0.3, -0.25) is 4.79 Å². The number of ether oxygens (including phenoxy) is 1. The van der Waals surface area contributed by atoms with E-state index >= 15 is 0 Å². The third-order valence-corrected chi connectivity index (χ3v) is 3.78. The molecule has 1 heterocycles. The maximum atomic E-state index is 12.0. The third kappa shape index (κ3) is 5.09. The van der Waals surface area contributed by atoms with Crippen LogP contribution in [0.4, 0.5) is 10.7 Å². The molecule has 1 aromatic rings. The van der Waals surface area contributed by atoms with Crippen molar-refractivity contribution in [2.24, 2.45) is 0 Å². The fourth-order valence-corrected chi connectivity index (χ4v) is 2.70. The molecule has 0 radical (unpaired) electrons. The molecule has 0 bridgehead atoms. The number of nitrogen functional groups attached to an aromatic ring is 1. The van der Waals surface area contributed by atoms with E-state index in [-0.39, 0.29) is 12.0 Å². The van der Waals surface area contributed by atoms with Crippen LogP contribution in [0.5, 0.6) is 5.75 Å². The summed E-state index contributed by atoms with van der Waals surface area (Å²) in [4.78, 5) is 14.6. The number of nitrogens with one attached hydrogen (secondary N) is 2. The molecule has 0 aromatic carbocycles. The molecular weight excluding hydrogens is 288 g/mol. The van der Waals surface area contributed by atoms with Crippen LogP contribution in [0.1, 0.15) is 30.4 Å². The standard InChI is InChI=1S/C14H26N4O2S/c1-6-16-13(19)12-10(15)11(20-9(2)3)14(21-12)17-7-8-18(4)5/h9,17H,6-8,15H2,1-5H3,(H,16,19). The second-order valence-electron chi connectivity index (χ2n) is 5.26. The van der Waals surface area contributed by atoms with Gasteiger partial charge in [0, 0.05) is 19.6 Å². The van der Waals surface area contributed by atoms with Crippen LogP contribution < -0.4 is 21.1 Å². The van der Waals surface area contributed by atoms with E-state index in [4.69, 9.17) is 10.5 Å². The minimum Gasteiger partial charge on any atom is -0.486 e. The smallest absolute Gasteiger partial charge is 0.263 e. The van der Waals surface area contributed by atoms with Gasteiger partial charge in [-0.25, -0.2) is 0 Å². The Labute approximate surface area is 130 Å². The molecule has 6 nitrogen and oxygen atoms in total. The van der Waals surface area contributed by atoms with Crippen LogP contribution >= 0.6 is 11.3 Å². The van der Waals surface area contributed by atoms with Crippen molar-refractivity contribution < 1.29 is 9.53 Å². The summed E-state index contributed by atoms with van der Waals surface area (Å²) in [5.74, 6) is 0.421. The summed E-state index contributed by atoms with van der Waals surface area (Å²) in [6.45, 7) is 7.97. The molecule has 7 heteroatoms. The number of anilines is 2. The maximum Gasteiger partial charge on any atom is 0.263 e. The first-order valence-electron chi connectivity index (χ1n) is 7.12. The molecule has 0 aliphatic rings. The van der Waals surface area contributed by atoms with Gasteiger partial charge in [-0.15, -0.1) is 11.3 Å². The molecule has 0 spiro atoms. The van der Waals surface area contributed by atoms with Gasteiger partial charge in [0.1, 0.15) is 15.6 Å². The molecule has 0 saturated carbocycles. The normalized spacial score (nSPS) is 11.0. The monoisotopic (exact) mass is 314 g/mol. The largest absolute Gasteiger partial charge is 0.486 e. The molecule has 1 amide bonds. The fraction of sp³-hybridized carbons (Fsp3) is 0.643. The SMILES string of the molecule is CCNC(=O)c1sc(NCCN(C)C)c(OC(C)C)c1N. The summed E-state index contributed by atoms with van der Waals surface area (Å²) in [6, 6.07) is 0. The average Bonchev–Trinajstić information content (AvgIpc) is 2.67. The zero-order chi connectivity index (χ0) is 16.0. The van der Waals surface area contributed by atoms with Crippen LogP contribution in [-0.4, -0.2) is 50.6 Å². The molecule has 0 aliphatic heterocycles. The van der Waals surface area contributed by atoms with Crippen LogP contribution in [0, 0.1) is 0 Å². The number of rotatable bonds is 8. The minimum absolute atomic E-state index is 0.00150. The van der Waals surface area contributed by atoms with E-state index in [9.17, 15) is 4.79 Å². The number of hydrogen-bond donors (Lipinski definition) is 3. The van der Waals surface area contributed by atoms with E-state index in [0.29, 0.717) is 22.9 Å². The molecule has 0 unspecified atom stereocenters. The highest BCUT2D eigenvalue weighted by atomic mass is 32.1. The van der Waals surface area contributed by atoms with E-state index < -0.39 is 0 Å². The Morgan fingerprint density at radius 1 is 1.43 bits per heavy atom. The first-order valence-corrected chi connectivity index (χ1v) is 7.94. The van der Waals surface area contributed by atoms with Gasteiger partial charge in [-0.05, 0) is 34.9 Å². The van der Waals surface area contributed by atoms with Crippen molar-refractivity contribution in [1.29, 1.82) is 0 Å².